The van der Waals surface area contributed by atoms with E-state index in [1.807, 2.05) is 0 Å². The molecule has 1 aliphatic heterocycles. The van der Waals surface area contributed by atoms with Crippen molar-refractivity contribution in [3.05, 3.63) is 60.0 Å². The van der Waals surface area contributed by atoms with Gasteiger partial charge in [-0.3, -0.25) is 9.69 Å². The first kappa shape index (κ1) is 17.1. The van der Waals surface area contributed by atoms with Crippen molar-refractivity contribution in [2.24, 2.45) is 0 Å². The van der Waals surface area contributed by atoms with Crippen LogP contribution in [0.25, 0.3) is 11.4 Å². The molecule has 1 aromatic heterocycles. The fourth-order valence-electron chi connectivity index (χ4n) is 2.73. The Morgan fingerprint density at radius 3 is 2.74 bits per heavy atom. The molecule has 0 fully saturated rings. The summed E-state index contributed by atoms with van der Waals surface area (Å²) in [5.41, 5.74) is -0.0651. The number of halogens is 3. The highest BCUT2D eigenvalue weighted by Crippen LogP contribution is 2.33. The minimum Gasteiger partial charge on any atom is -0.482 e. The standard InChI is InChI=1S/C18H12F3N3O3/c19-18(20,21)12-5-3-4-11(8-12)17-22-15(27-23-17)9-24-13-6-1-2-7-14(13)26-10-16(24)25/h1-8H,9-10H2. The maximum Gasteiger partial charge on any atom is 0.416 e. The van der Waals surface area contributed by atoms with Crippen LogP contribution in [0.1, 0.15) is 11.5 Å². The first-order valence-electron chi connectivity index (χ1n) is 7.94. The Kier molecular flexibility index (Phi) is 4.06. The van der Waals surface area contributed by atoms with Crippen LogP contribution in [0.5, 0.6) is 5.75 Å². The van der Waals surface area contributed by atoms with Gasteiger partial charge in [-0.1, -0.05) is 29.4 Å². The van der Waals surface area contributed by atoms with E-state index in [9.17, 15) is 18.0 Å². The number of benzene rings is 2. The van der Waals surface area contributed by atoms with Gasteiger partial charge >= 0.3 is 6.18 Å². The van der Waals surface area contributed by atoms with Gasteiger partial charge in [0, 0.05) is 5.56 Å². The van der Waals surface area contributed by atoms with Crippen LogP contribution in [0.2, 0.25) is 0 Å². The molecular weight excluding hydrogens is 363 g/mol. The summed E-state index contributed by atoms with van der Waals surface area (Å²) in [6, 6.07) is 11.6. The van der Waals surface area contributed by atoms with Crippen LogP contribution in [0.4, 0.5) is 18.9 Å². The number of para-hydroxylation sites is 2. The number of hydrogen-bond acceptors (Lipinski definition) is 5. The Hall–Kier alpha value is -3.36. The minimum absolute atomic E-state index is 0.00876. The smallest absolute Gasteiger partial charge is 0.416 e. The van der Waals surface area contributed by atoms with E-state index >= 15 is 0 Å². The van der Waals surface area contributed by atoms with Crippen molar-refractivity contribution in [3.8, 4) is 17.1 Å². The lowest BCUT2D eigenvalue weighted by Gasteiger charge is -2.27. The summed E-state index contributed by atoms with van der Waals surface area (Å²) in [4.78, 5) is 17.7. The molecule has 2 aromatic carbocycles. The minimum atomic E-state index is -4.47. The Bertz CT molecular complexity index is 1000. The Balaban J connectivity index is 1.60. The van der Waals surface area contributed by atoms with E-state index in [4.69, 9.17) is 9.26 Å². The van der Waals surface area contributed by atoms with Crippen LogP contribution in [-0.2, 0) is 17.5 Å². The Morgan fingerprint density at radius 2 is 1.93 bits per heavy atom. The molecule has 6 nitrogen and oxygen atoms in total. The molecule has 0 radical (unpaired) electrons. The molecule has 0 spiro atoms. The van der Waals surface area contributed by atoms with E-state index in [-0.39, 0.29) is 36.3 Å². The maximum atomic E-state index is 12.9. The van der Waals surface area contributed by atoms with Crippen molar-refractivity contribution >= 4 is 11.6 Å². The Morgan fingerprint density at radius 1 is 1.11 bits per heavy atom. The van der Waals surface area contributed by atoms with E-state index in [0.717, 1.165) is 12.1 Å². The predicted molar refractivity (Wildman–Crippen MR) is 87.9 cm³/mol. The summed E-state index contributed by atoms with van der Waals surface area (Å²) >= 11 is 0. The highest BCUT2D eigenvalue weighted by molar-refractivity contribution is 5.97. The molecule has 0 bridgehead atoms. The van der Waals surface area contributed by atoms with Gasteiger partial charge in [0.15, 0.2) is 6.61 Å². The average Bonchev–Trinajstić information content (AvgIpc) is 3.12. The third-order valence-electron chi connectivity index (χ3n) is 4.02. The van der Waals surface area contributed by atoms with Crippen LogP contribution in [-0.4, -0.2) is 22.7 Å². The number of fused-ring (bicyclic) bond motifs is 1. The molecule has 27 heavy (non-hydrogen) atoms. The van der Waals surface area contributed by atoms with Gasteiger partial charge in [0.25, 0.3) is 5.91 Å². The van der Waals surface area contributed by atoms with Gasteiger partial charge < -0.3 is 9.26 Å². The van der Waals surface area contributed by atoms with E-state index in [0.29, 0.717) is 11.4 Å². The van der Waals surface area contributed by atoms with Crippen molar-refractivity contribution < 1.29 is 27.2 Å². The summed E-state index contributed by atoms with van der Waals surface area (Å²) in [5, 5.41) is 3.73. The molecule has 0 aliphatic carbocycles. The lowest BCUT2D eigenvalue weighted by atomic mass is 10.1. The van der Waals surface area contributed by atoms with E-state index in [1.165, 1.54) is 17.0 Å². The number of hydrogen-bond donors (Lipinski definition) is 0. The fraction of sp³-hybridized carbons (Fsp3) is 0.167. The highest BCUT2D eigenvalue weighted by Gasteiger charge is 2.31. The van der Waals surface area contributed by atoms with Crippen molar-refractivity contribution in [2.45, 2.75) is 12.7 Å². The molecule has 9 heteroatoms. The summed E-state index contributed by atoms with van der Waals surface area (Å²) in [5.74, 6) is 0.389. The molecule has 0 saturated carbocycles. The molecule has 138 valence electrons. The molecule has 1 aliphatic rings. The second-order valence-electron chi connectivity index (χ2n) is 5.83. The van der Waals surface area contributed by atoms with Crippen LogP contribution in [0, 0.1) is 0 Å². The monoisotopic (exact) mass is 375 g/mol. The zero-order valence-corrected chi connectivity index (χ0v) is 13.7. The number of carbonyl (C=O) groups is 1. The normalized spacial score (nSPS) is 14.0. The van der Waals surface area contributed by atoms with Gasteiger partial charge in [0.2, 0.25) is 11.7 Å². The molecule has 0 atom stereocenters. The first-order valence-corrected chi connectivity index (χ1v) is 7.94. The zero-order chi connectivity index (χ0) is 19.0. The number of aromatic nitrogens is 2. The largest absolute Gasteiger partial charge is 0.482 e. The van der Waals surface area contributed by atoms with Gasteiger partial charge in [-0.15, -0.1) is 0 Å². The second-order valence-corrected chi connectivity index (χ2v) is 5.83. The zero-order valence-electron chi connectivity index (χ0n) is 13.7. The third-order valence-corrected chi connectivity index (χ3v) is 4.02. The predicted octanol–water partition coefficient (Wildman–Crippen LogP) is 3.68. The SMILES string of the molecule is O=C1COc2ccccc2N1Cc1nc(-c2cccc(C(F)(F)F)c2)no1. The third kappa shape index (κ3) is 3.35. The van der Waals surface area contributed by atoms with Crippen LogP contribution in [0.3, 0.4) is 0 Å². The van der Waals surface area contributed by atoms with E-state index < -0.39 is 11.7 Å². The summed E-state index contributed by atoms with van der Waals surface area (Å²) in [6.07, 6.45) is -4.47. The molecule has 0 saturated heterocycles. The number of alkyl halides is 3. The second kappa shape index (κ2) is 6.42. The quantitative estimate of drug-likeness (QED) is 0.699. The number of anilines is 1. The fourth-order valence-corrected chi connectivity index (χ4v) is 2.73. The van der Waals surface area contributed by atoms with Gasteiger partial charge in [0.05, 0.1) is 11.3 Å². The summed E-state index contributed by atoms with van der Waals surface area (Å²) < 4.78 is 49.1. The topological polar surface area (TPSA) is 68.5 Å². The Labute approximate surface area is 151 Å². The molecule has 2 heterocycles. The molecule has 3 aromatic rings. The molecule has 0 N–H and O–H groups in total. The van der Waals surface area contributed by atoms with Gasteiger partial charge in [-0.05, 0) is 24.3 Å². The first-order chi connectivity index (χ1) is 12.9. The number of ether oxygens (including phenoxy) is 1. The molecule has 4 rings (SSSR count). The molecule has 1 amide bonds. The summed E-state index contributed by atoms with van der Waals surface area (Å²) in [6.45, 7) is -0.128. The van der Waals surface area contributed by atoms with Crippen LogP contribution >= 0.6 is 0 Å². The van der Waals surface area contributed by atoms with Crippen molar-refractivity contribution in [1.82, 2.24) is 10.1 Å². The van der Waals surface area contributed by atoms with E-state index in [2.05, 4.69) is 10.1 Å². The van der Waals surface area contributed by atoms with Crippen molar-refractivity contribution in [2.75, 3.05) is 11.5 Å². The molecule has 0 unspecified atom stereocenters. The van der Waals surface area contributed by atoms with Gasteiger partial charge in [0.1, 0.15) is 12.3 Å². The number of nitrogens with zero attached hydrogens (tertiary/aromatic N) is 3. The van der Waals surface area contributed by atoms with Crippen molar-refractivity contribution in [1.29, 1.82) is 0 Å². The van der Waals surface area contributed by atoms with E-state index in [1.54, 1.807) is 24.3 Å². The highest BCUT2D eigenvalue weighted by atomic mass is 19.4. The number of amides is 1. The summed E-state index contributed by atoms with van der Waals surface area (Å²) in [7, 11) is 0. The van der Waals surface area contributed by atoms with Crippen LogP contribution in [0.15, 0.2) is 53.1 Å². The average molecular weight is 375 g/mol. The lowest BCUT2D eigenvalue weighted by molar-refractivity contribution is -0.137. The van der Waals surface area contributed by atoms with Crippen LogP contribution < -0.4 is 9.64 Å². The lowest BCUT2D eigenvalue weighted by Crippen LogP contribution is -2.38. The van der Waals surface area contributed by atoms with Crippen molar-refractivity contribution in [3.63, 3.8) is 0 Å². The molecular formula is C18H12F3N3O3. The van der Waals surface area contributed by atoms with Gasteiger partial charge in [-0.25, -0.2) is 0 Å². The van der Waals surface area contributed by atoms with Gasteiger partial charge in [-0.2, -0.15) is 18.2 Å². The maximum absolute atomic E-state index is 12.9. The number of rotatable bonds is 3. The number of carbonyl (C=O) groups excluding carboxylic acids is 1.